The molecule has 1 atom stereocenters. The molecule has 0 radical (unpaired) electrons. The molecule has 0 aliphatic carbocycles. The summed E-state index contributed by atoms with van der Waals surface area (Å²) in [6, 6.07) is 55.5. The normalized spacial score (nSPS) is 15.6. The Morgan fingerprint density at radius 2 is 1.20 bits per heavy atom. The third kappa shape index (κ3) is 3.45. The Morgan fingerprint density at radius 1 is 0.500 bits per heavy atom. The highest BCUT2D eigenvalue weighted by Crippen LogP contribution is 2.54. The van der Waals surface area contributed by atoms with Crippen molar-refractivity contribution in [3.8, 4) is 27.9 Å². The fourth-order valence-electron chi connectivity index (χ4n) is 7.61. The van der Waals surface area contributed by atoms with Gasteiger partial charge in [-0.1, -0.05) is 127 Å². The van der Waals surface area contributed by atoms with Crippen molar-refractivity contribution >= 4 is 76.4 Å². The Bertz CT molecular complexity index is 2720. The van der Waals surface area contributed by atoms with Crippen molar-refractivity contribution in [3.05, 3.63) is 158 Å². The van der Waals surface area contributed by atoms with Crippen molar-refractivity contribution in [2.75, 3.05) is 0 Å². The zero-order valence-electron chi connectivity index (χ0n) is 24.7. The number of hydrogen-bond donors (Lipinski definition) is 0. The largest absolute Gasteiger partial charge is 0.309 e. The maximum absolute atomic E-state index is 15.3. The van der Waals surface area contributed by atoms with Crippen LogP contribution in [0.5, 0.6) is 0 Å². The van der Waals surface area contributed by atoms with Crippen molar-refractivity contribution in [1.29, 1.82) is 0 Å². The maximum atomic E-state index is 15.3. The van der Waals surface area contributed by atoms with Crippen molar-refractivity contribution in [3.63, 3.8) is 0 Å². The summed E-state index contributed by atoms with van der Waals surface area (Å²) in [5.41, 5.74) is 7.94. The molecule has 46 heavy (non-hydrogen) atoms. The van der Waals surface area contributed by atoms with E-state index >= 15 is 4.57 Å². The van der Waals surface area contributed by atoms with E-state index < -0.39 is 7.14 Å². The molecule has 7 aromatic carbocycles. The van der Waals surface area contributed by atoms with Crippen LogP contribution in [0.25, 0.3) is 69.9 Å². The zero-order chi connectivity index (χ0) is 30.4. The number of thiophene rings is 1. The molecule has 1 unspecified atom stereocenters. The number of rotatable bonds is 3. The summed E-state index contributed by atoms with van der Waals surface area (Å²) >= 11 is 1.86. The van der Waals surface area contributed by atoms with Gasteiger partial charge in [0.15, 0.2) is 7.14 Å². The van der Waals surface area contributed by atoms with Gasteiger partial charge in [-0.3, -0.25) is 0 Å². The van der Waals surface area contributed by atoms with Gasteiger partial charge in [0, 0.05) is 58.1 Å². The van der Waals surface area contributed by atoms with Crippen molar-refractivity contribution in [1.82, 2.24) is 4.57 Å². The van der Waals surface area contributed by atoms with E-state index in [0.29, 0.717) is 0 Å². The second-order valence-corrected chi connectivity index (χ2v) is 15.7. The molecule has 0 saturated heterocycles. The molecule has 0 N–H and O–H groups in total. The van der Waals surface area contributed by atoms with Crippen molar-refractivity contribution in [2.45, 2.75) is 0 Å². The summed E-state index contributed by atoms with van der Waals surface area (Å²) in [6.07, 6.45) is 0. The molecular formula is C42H26NOPS. The SMILES string of the molecule is O=P1(c2ccccc2)c2ccccc2-c2c1ccc1c3ccccc3n(-c3ccc(-c4cccc5c4sc4ccccc45)cc3)c21. The maximum Gasteiger partial charge on any atom is 0.172 e. The molecule has 1 aliphatic rings. The molecule has 2 nitrogen and oxygen atoms in total. The molecule has 2 aromatic heterocycles. The van der Waals surface area contributed by atoms with Crippen molar-refractivity contribution < 1.29 is 4.57 Å². The fourth-order valence-corrected chi connectivity index (χ4v) is 11.9. The Morgan fingerprint density at radius 3 is 2.07 bits per heavy atom. The molecule has 0 bridgehead atoms. The van der Waals surface area contributed by atoms with E-state index in [1.807, 2.05) is 47.7 Å². The second-order valence-electron chi connectivity index (χ2n) is 12.0. The Hall–Kier alpha value is -5.21. The first kappa shape index (κ1) is 26.1. The third-order valence-corrected chi connectivity index (χ3v) is 14.0. The summed E-state index contributed by atoms with van der Waals surface area (Å²) in [5, 5.41) is 7.71. The van der Waals surface area contributed by atoms with E-state index in [-0.39, 0.29) is 0 Å². The molecule has 0 spiro atoms. The minimum absolute atomic E-state index is 0.878. The number of hydrogen-bond acceptors (Lipinski definition) is 2. The first-order valence-electron chi connectivity index (χ1n) is 15.6. The van der Waals surface area contributed by atoms with Gasteiger partial charge in [-0.05, 0) is 47.0 Å². The van der Waals surface area contributed by atoms with Gasteiger partial charge in [-0.15, -0.1) is 11.3 Å². The van der Waals surface area contributed by atoms with Crippen LogP contribution in [0.3, 0.4) is 0 Å². The topological polar surface area (TPSA) is 22.0 Å². The Balaban J connectivity index is 1.23. The van der Waals surface area contributed by atoms with Crippen LogP contribution in [0.1, 0.15) is 0 Å². The van der Waals surface area contributed by atoms with Crippen LogP contribution in [0, 0.1) is 0 Å². The summed E-state index contributed by atoms with van der Waals surface area (Å²) in [5.74, 6) is 0. The lowest BCUT2D eigenvalue weighted by molar-refractivity contribution is 0.593. The summed E-state index contributed by atoms with van der Waals surface area (Å²) in [7, 11) is -3.06. The number of fused-ring (bicyclic) bond motifs is 10. The minimum atomic E-state index is -3.06. The van der Waals surface area contributed by atoms with E-state index in [2.05, 4.69) is 126 Å². The zero-order valence-corrected chi connectivity index (χ0v) is 26.4. The highest BCUT2D eigenvalue weighted by Gasteiger charge is 2.41. The smallest absolute Gasteiger partial charge is 0.172 e. The van der Waals surface area contributed by atoms with Gasteiger partial charge in [0.2, 0.25) is 0 Å². The molecule has 0 saturated carbocycles. The van der Waals surface area contributed by atoms with Crippen LogP contribution >= 0.6 is 18.5 Å². The van der Waals surface area contributed by atoms with Gasteiger partial charge in [-0.25, -0.2) is 0 Å². The quantitative estimate of drug-likeness (QED) is 0.180. The monoisotopic (exact) mass is 623 g/mol. The molecule has 1 aliphatic heterocycles. The van der Waals surface area contributed by atoms with Crippen LogP contribution in [0.4, 0.5) is 0 Å². The van der Waals surface area contributed by atoms with E-state index in [4.69, 9.17) is 0 Å². The molecule has 216 valence electrons. The lowest BCUT2D eigenvalue weighted by Gasteiger charge is -2.16. The van der Waals surface area contributed by atoms with E-state index in [1.54, 1.807) is 0 Å². The molecule has 0 fully saturated rings. The summed E-state index contributed by atoms with van der Waals surface area (Å²) < 4.78 is 20.3. The highest BCUT2D eigenvalue weighted by atomic mass is 32.1. The van der Waals surface area contributed by atoms with Gasteiger partial charge < -0.3 is 9.13 Å². The second kappa shape index (κ2) is 9.64. The molecule has 9 aromatic rings. The van der Waals surface area contributed by atoms with Gasteiger partial charge in [-0.2, -0.15) is 0 Å². The van der Waals surface area contributed by atoms with E-state index in [1.165, 1.54) is 42.1 Å². The van der Waals surface area contributed by atoms with Crippen LogP contribution < -0.4 is 15.9 Å². The number of para-hydroxylation sites is 1. The highest BCUT2D eigenvalue weighted by molar-refractivity contribution is 7.86. The van der Waals surface area contributed by atoms with E-state index in [0.717, 1.165) is 43.8 Å². The van der Waals surface area contributed by atoms with Crippen LogP contribution in [-0.2, 0) is 4.57 Å². The first-order chi connectivity index (χ1) is 22.7. The summed E-state index contributed by atoms with van der Waals surface area (Å²) in [6.45, 7) is 0. The summed E-state index contributed by atoms with van der Waals surface area (Å²) in [4.78, 5) is 0. The lowest BCUT2D eigenvalue weighted by atomic mass is 10.0. The third-order valence-electron chi connectivity index (χ3n) is 9.63. The average molecular weight is 624 g/mol. The van der Waals surface area contributed by atoms with Crippen LogP contribution in [0.2, 0.25) is 0 Å². The van der Waals surface area contributed by atoms with Gasteiger partial charge >= 0.3 is 0 Å². The molecule has 3 heterocycles. The average Bonchev–Trinajstić information content (AvgIpc) is 3.76. The van der Waals surface area contributed by atoms with Crippen LogP contribution in [0.15, 0.2) is 158 Å². The molecule has 4 heteroatoms. The van der Waals surface area contributed by atoms with E-state index in [9.17, 15) is 0 Å². The lowest BCUT2D eigenvalue weighted by Crippen LogP contribution is -2.20. The number of benzene rings is 7. The predicted molar refractivity (Wildman–Crippen MR) is 197 cm³/mol. The molecule has 0 amide bonds. The standard InChI is InChI=1S/C42H26NOPS/c44-45(29-11-2-1-3-12-29)37-19-8-5-15-35(37)40-38(45)26-25-33-31-13-4-7-18-36(31)43(41(33)40)28-23-21-27(22-24-28)30-16-10-17-34-32-14-6-9-20-39(32)46-42(30)34/h1-26H. The van der Waals surface area contributed by atoms with Gasteiger partial charge in [0.1, 0.15) is 0 Å². The fraction of sp³-hybridized carbons (Fsp3) is 0. The predicted octanol–water partition coefficient (Wildman–Crippen LogP) is 10.4. The molecule has 10 rings (SSSR count). The Labute approximate surface area is 270 Å². The molecular weight excluding hydrogens is 598 g/mol. The number of nitrogens with zero attached hydrogens (tertiary/aromatic N) is 1. The minimum Gasteiger partial charge on any atom is -0.309 e. The van der Waals surface area contributed by atoms with Gasteiger partial charge in [0.05, 0.1) is 11.0 Å². The van der Waals surface area contributed by atoms with Crippen LogP contribution in [-0.4, -0.2) is 4.57 Å². The Kier molecular flexibility index (Phi) is 5.46. The first-order valence-corrected chi connectivity index (χ1v) is 18.1. The van der Waals surface area contributed by atoms with Gasteiger partial charge in [0.25, 0.3) is 0 Å². The number of aromatic nitrogens is 1. The van der Waals surface area contributed by atoms with Crippen molar-refractivity contribution in [2.24, 2.45) is 0 Å².